The Hall–Kier alpha value is -2.13. The van der Waals surface area contributed by atoms with Crippen LogP contribution in [-0.2, 0) is 6.42 Å². The summed E-state index contributed by atoms with van der Waals surface area (Å²) in [4.78, 5) is 13.8. The van der Waals surface area contributed by atoms with Gasteiger partial charge in [0.25, 0.3) is 0 Å². The van der Waals surface area contributed by atoms with Gasteiger partial charge in [-0.25, -0.2) is 4.79 Å². The monoisotopic (exact) mass is 309 g/mol. The van der Waals surface area contributed by atoms with Gasteiger partial charge in [-0.3, -0.25) is 0 Å². The van der Waals surface area contributed by atoms with E-state index in [0.29, 0.717) is 5.56 Å². The molecule has 0 atom stereocenters. The van der Waals surface area contributed by atoms with E-state index in [1.807, 2.05) is 30.3 Å². The van der Waals surface area contributed by atoms with Crippen LogP contribution in [0.2, 0.25) is 0 Å². The first-order valence-electron chi connectivity index (χ1n) is 8.38. The van der Waals surface area contributed by atoms with Crippen molar-refractivity contribution in [2.75, 3.05) is 19.6 Å². The molecule has 2 aromatic carbocycles. The van der Waals surface area contributed by atoms with Gasteiger partial charge in [-0.1, -0.05) is 42.8 Å². The largest absolute Gasteiger partial charge is 0.478 e. The van der Waals surface area contributed by atoms with Crippen molar-refractivity contribution in [2.24, 2.45) is 0 Å². The molecule has 0 aliphatic carbocycles. The maximum Gasteiger partial charge on any atom is 0.335 e. The van der Waals surface area contributed by atoms with E-state index in [1.165, 1.54) is 32.4 Å². The summed E-state index contributed by atoms with van der Waals surface area (Å²) in [6.45, 7) is 3.33. The summed E-state index contributed by atoms with van der Waals surface area (Å²) in [7, 11) is 0. The smallest absolute Gasteiger partial charge is 0.335 e. The van der Waals surface area contributed by atoms with E-state index < -0.39 is 5.97 Å². The molecule has 0 unspecified atom stereocenters. The Labute approximate surface area is 137 Å². The van der Waals surface area contributed by atoms with Gasteiger partial charge >= 0.3 is 5.97 Å². The number of carboxylic acids is 1. The van der Waals surface area contributed by atoms with E-state index in [-0.39, 0.29) is 0 Å². The molecule has 0 spiro atoms. The highest BCUT2D eigenvalue weighted by Crippen LogP contribution is 2.26. The molecule has 1 aliphatic rings. The third kappa shape index (κ3) is 3.99. The van der Waals surface area contributed by atoms with Crippen molar-refractivity contribution in [1.82, 2.24) is 4.90 Å². The first-order valence-corrected chi connectivity index (χ1v) is 8.38. The van der Waals surface area contributed by atoms with Crippen molar-refractivity contribution in [3.8, 4) is 11.1 Å². The lowest BCUT2D eigenvalue weighted by Crippen LogP contribution is -2.31. The molecule has 0 bridgehead atoms. The summed E-state index contributed by atoms with van der Waals surface area (Å²) >= 11 is 0. The zero-order valence-corrected chi connectivity index (χ0v) is 13.4. The van der Waals surface area contributed by atoms with E-state index in [1.54, 1.807) is 6.07 Å². The molecular formula is C20H23NO2. The first kappa shape index (κ1) is 15.8. The summed E-state index contributed by atoms with van der Waals surface area (Å²) in [5.74, 6) is -0.858. The molecule has 1 N–H and O–H groups in total. The second-order valence-corrected chi connectivity index (χ2v) is 6.20. The van der Waals surface area contributed by atoms with Gasteiger partial charge in [0.1, 0.15) is 0 Å². The Morgan fingerprint density at radius 1 is 1.00 bits per heavy atom. The summed E-state index contributed by atoms with van der Waals surface area (Å²) in [5.41, 5.74) is 3.80. The highest BCUT2D eigenvalue weighted by molar-refractivity contribution is 5.89. The summed E-state index contributed by atoms with van der Waals surface area (Å²) in [6.07, 6.45) is 4.78. The van der Waals surface area contributed by atoms with E-state index in [2.05, 4.69) is 17.0 Å². The number of likely N-dealkylation sites (tertiary alicyclic amines) is 1. The van der Waals surface area contributed by atoms with Gasteiger partial charge in [0, 0.05) is 6.54 Å². The van der Waals surface area contributed by atoms with Gasteiger partial charge in [0.15, 0.2) is 0 Å². The third-order valence-corrected chi connectivity index (χ3v) is 4.58. The Morgan fingerprint density at radius 3 is 2.43 bits per heavy atom. The molecule has 23 heavy (non-hydrogen) atoms. The Balaban J connectivity index is 1.85. The molecule has 0 saturated carbocycles. The molecule has 1 fully saturated rings. The molecule has 1 heterocycles. The molecule has 0 amide bonds. The molecule has 0 radical (unpaired) electrons. The minimum atomic E-state index is -0.858. The molecule has 1 saturated heterocycles. The fourth-order valence-corrected chi connectivity index (χ4v) is 3.29. The minimum Gasteiger partial charge on any atom is -0.478 e. The van der Waals surface area contributed by atoms with Crippen molar-refractivity contribution in [1.29, 1.82) is 0 Å². The van der Waals surface area contributed by atoms with Crippen LogP contribution in [0, 0.1) is 0 Å². The first-order chi connectivity index (χ1) is 11.2. The lowest BCUT2D eigenvalue weighted by molar-refractivity contribution is 0.0697. The molecule has 3 nitrogen and oxygen atoms in total. The number of carbonyl (C=O) groups is 1. The highest BCUT2D eigenvalue weighted by Gasteiger charge is 2.13. The maximum atomic E-state index is 11.3. The zero-order valence-electron chi connectivity index (χ0n) is 13.4. The average molecular weight is 309 g/mol. The lowest BCUT2D eigenvalue weighted by Gasteiger charge is -2.26. The lowest BCUT2D eigenvalue weighted by atomic mass is 9.95. The number of hydrogen-bond donors (Lipinski definition) is 1. The van der Waals surface area contributed by atoms with Crippen molar-refractivity contribution in [3.63, 3.8) is 0 Å². The van der Waals surface area contributed by atoms with Gasteiger partial charge in [-0.2, -0.15) is 0 Å². The number of rotatable bonds is 5. The van der Waals surface area contributed by atoms with Crippen LogP contribution in [0.5, 0.6) is 0 Å². The van der Waals surface area contributed by atoms with Crippen LogP contribution in [0.15, 0.2) is 48.5 Å². The molecule has 2 aromatic rings. The van der Waals surface area contributed by atoms with Crippen LogP contribution in [0.1, 0.15) is 35.2 Å². The SMILES string of the molecule is O=C(O)c1ccc(-c2ccccc2)c(CCN2CCCCC2)c1. The summed E-state index contributed by atoms with van der Waals surface area (Å²) in [5, 5.41) is 9.28. The predicted octanol–water partition coefficient (Wildman–Crippen LogP) is 4.08. The van der Waals surface area contributed by atoms with E-state index in [0.717, 1.165) is 29.7 Å². The van der Waals surface area contributed by atoms with Crippen molar-refractivity contribution >= 4 is 5.97 Å². The molecule has 1 aliphatic heterocycles. The average Bonchev–Trinajstić information content (AvgIpc) is 2.61. The number of piperidine rings is 1. The van der Waals surface area contributed by atoms with Crippen LogP contribution in [0.3, 0.4) is 0 Å². The number of hydrogen-bond acceptors (Lipinski definition) is 2. The van der Waals surface area contributed by atoms with Crippen LogP contribution >= 0.6 is 0 Å². The van der Waals surface area contributed by atoms with E-state index in [9.17, 15) is 9.90 Å². The maximum absolute atomic E-state index is 11.3. The molecule has 0 aromatic heterocycles. The number of benzene rings is 2. The topological polar surface area (TPSA) is 40.5 Å². The molecule has 120 valence electrons. The van der Waals surface area contributed by atoms with Gasteiger partial charge in [-0.05, 0) is 61.2 Å². The van der Waals surface area contributed by atoms with Gasteiger partial charge in [0.2, 0.25) is 0 Å². The van der Waals surface area contributed by atoms with E-state index >= 15 is 0 Å². The second-order valence-electron chi connectivity index (χ2n) is 6.20. The molecule has 3 rings (SSSR count). The minimum absolute atomic E-state index is 0.373. The van der Waals surface area contributed by atoms with E-state index in [4.69, 9.17) is 0 Å². The van der Waals surface area contributed by atoms with Crippen molar-refractivity contribution in [2.45, 2.75) is 25.7 Å². The third-order valence-electron chi connectivity index (χ3n) is 4.58. The summed E-state index contributed by atoms with van der Waals surface area (Å²) in [6, 6.07) is 15.7. The number of nitrogens with zero attached hydrogens (tertiary/aromatic N) is 1. The zero-order chi connectivity index (χ0) is 16.1. The normalized spacial score (nSPS) is 15.5. The Morgan fingerprint density at radius 2 is 1.74 bits per heavy atom. The van der Waals surface area contributed by atoms with Gasteiger partial charge in [0.05, 0.1) is 5.56 Å². The standard InChI is InChI=1S/C20H23NO2/c22-20(23)18-9-10-19(16-7-3-1-4-8-16)17(15-18)11-14-21-12-5-2-6-13-21/h1,3-4,7-10,15H,2,5-6,11-14H2,(H,22,23). The Bertz CT molecular complexity index is 661. The van der Waals surface area contributed by atoms with Crippen LogP contribution in [-0.4, -0.2) is 35.6 Å². The summed E-state index contributed by atoms with van der Waals surface area (Å²) < 4.78 is 0. The molecule has 3 heteroatoms. The molecular weight excluding hydrogens is 286 g/mol. The number of carboxylic acid groups (broad SMARTS) is 1. The quantitative estimate of drug-likeness (QED) is 0.904. The van der Waals surface area contributed by atoms with Gasteiger partial charge < -0.3 is 10.0 Å². The van der Waals surface area contributed by atoms with Crippen LogP contribution < -0.4 is 0 Å². The Kier molecular flexibility index (Phi) is 5.09. The predicted molar refractivity (Wildman–Crippen MR) is 92.8 cm³/mol. The van der Waals surface area contributed by atoms with Crippen LogP contribution in [0.25, 0.3) is 11.1 Å². The number of aromatic carboxylic acids is 1. The fourth-order valence-electron chi connectivity index (χ4n) is 3.29. The van der Waals surface area contributed by atoms with Crippen molar-refractivity contribution < 1.29 is 9.90 Å². The fraction of sp³-hybridized carbons (Fsp3) is 0.350. The van der Waals surface area contributed by atoms with Crippen LogP contribution in [0.4, 0.5) is 0 Å². The highest BCUT2D eigenvalue weighted by atomic mass is 16.4. The van der Waals surface area contributed by atoms with Gasteiger partial charge in [-0.15, -0.1) is 0 Å². The van der Waals surface area contributed by atoms with Crippen molar-refractivity contribution in [3.05, 3.63) is 59.7 Å². The second kappa shape index (κ2) is 7.42.